The summed E-state index contributed by atoms with van der Waals surface area (Å²) in [5.41, 5.74) is 8.69. The molecule has 0 radical (unpaired) electrons. The van der Waals surface area contributed by atoms with Crippen LogP contribution in [0.15, 0.2) is 21.7 Å². The first-order valence-electron chi connectivity index (χ1n) is 5.25. The number of nitrogens with two attached hydrogens (primary N) is 1. The van der Waals surface area contributed by atoms with Gasteiger partial charge in [-0.05, 0) is 53.4 Å². The number of nitrogens with one attached hydrogen (secondary N) is 1. The molecule has 98 valence electrons. The monoisotopic (exact) mass is 441 g/mol. The van der Waals surface area contributed by atoms with E-state index in [-0.39, 0.29) is 5.11 Å². The van der Waals surface area contributed by atoms with Gasteiger partial charge < -0.3 is 10.5 Å². The second-order valence-electron chi connectivity index (χ2n) is 3.39. The van der Waals surface area contributed by atoms with Crippen LogP contribution in [0.25, 0.3) is 0 Å². The minimum atomic E-state index is 0.131. The van der Waals surface area contributed by atoms with Crippen LogP contribution in [0.4, 0.5) is 0 Å². The fourth-order valence-electron chi connectivity index (χ4n) is 1.20. The minimum absolute atomic E-state index is 0.131. The second kappa shape index (κ2) is 7.90. The van der Waals surface area contributed by atoms with Gasteiger partial charge in [-0.25, -0.2) is 0 Å². The lowest BCUT2D eigenvalue weighted by Gasteiger charge is -2.11. The van der Waals surface area contributed by atoms with Crippen LogP contribution in [0.2, 0.25) is 0 Å². The van der Waals surface area contributed by atoms with E-state index in [1.54, 1.807) is 6.21 Å². The summed E-state index contributed by atoms with van der Waals surface area (Å²) < 4.78 is 7.70. The topological polar surface area (TPSA) is 59.6 Å². The number of ether oxygens (including phenoxy) is 1. The molecular formula is C11H13BrIN3OS. The van der Waals surface area contributed by atoms with Gasteiger partial charge in [0.1, 0.15) is 5.75 Å². The van der Waals surface area contributed by atoms with E-state index in [1.807, 2.05) is 12.1 Å². The van der Waals surface area contributed by atoms with Crippen LogP contribution in [0.3, 0.4) is 0 Å². The number of thiocarbonyl (C=S) groups is 1. The van der Waals surface area contributed by atoms with Gasteiger partial charge in [0.2, 0.25) is 0 Å². The average molecular weight is 442 g/mol. The molecule has 0 aliphatic rings. The highest BCUT2D eigenvalue weighted by molar-refractivity contribution is 14.1. The lowest BCUT2D eigenvalue weighted by atomic mass is 10.2. The van der Waals surface area contributed by atoms with Crippen molar-refractivity contribution in [2.45, 2.75) is 13.3 Å². The van der Waals surface area contributed by atoms with E-state index >= 15 is 0 Å². The Kier molecular flexibility index (Phi) is 6.87. The average Bonchev–Trinajstić information content (AvgIpc) is 2.27. The van der Waals surface area contributed by atoms with Crippen LogP contribution in [0.1, 0.15) is 18.9 Å². The van der Waals surface area contributed by atoms with E-state index in [0.717, 1.165) is 25.8 Å². The van der Waals surface area contributed by atoms with Crippen molar-refractivity contribution in [2.24, 2.45) is 10.8 Å². The molecule has 18 heavy (non-hydrogen) atoms. The summed E-state index contributed by atoms with van der Waals surface area (Å²) in [6, 6.07) is 3.92. The smallest absolute Gasteiger partial charge is 0.184 e. The maximum absolute atomic E-state index is 5.72. The normalized spacial score (nSPS) is 10.6. The van der Waals surface area contributed by atoms with Crippen molar-refractivity contribution in [2.75, 3.05) is 6.61 Å². The summed E-state index contributed by atoms with van der Waals surface area (Å²) in [4.78, 5) is 0. The lowest BCUT2D eigenvalue weighted by molar-refractivity contribution is 0.315. The van der Waals surface area contributed by atoms with Gasteiger partial charge in [0.25, 0.3) is 0 Å². The predicted octanol–water partition coefficient (Wildman–Crippen LogP) is 3.01. The molecule has 1 aromatic carbocycles. The van der Waals surface area contributed by atoms with Gasteiger partial charge in [-0.3, -0.25) is 5.43 Å². The highest BCUT2D eigenvalue weighted by Crippen LogP contribution is 2.29. The summed E-state index contributed by atoms with van der Waals surface area (Å²) >= 11 is 10.3. The van der Waals surface area contributed by atoms with Crippen LogP contribution < -0.4 is 15.9 Å². The largest absolute Gasteiger partial charge is 0.492 e. The summed E-state index contributed by atoms with van der Waals surface area (Å²) in [6.07, 6.45) is 2.59. The molecule has 1 aromatic rings. The van der Waals surface area contributed by atoms with Gasteiger partial charge in [0.05, 0.1) is 16.4 Å². The maximum atomic E-state index is 5.72. The Hall–Kier alpha value is -0.410. The standard InChI is InChI=1S/C11H13BrIN3OS/c1-2-3-17-10-7(6-15-16-11(14)18)4-8(12)5-9(10)13/h4-6H,2-3H2,1H3,(H3,14,16,18). The van der Waals surface area contributed by atoms with Gasteiger partial charge in [-0.15, -0.1) is 0 Å². The number of hydrazone groups is 1. The Bertz CT molecular complexity index is 468. The quantitative estimate of drug-likeness (QED) is 0.319. The first kappa shape index (κ1) is 15.6. The Morgan fingerprint density at radius 1 is 1.67 bits per heavy atom. The molecule has 0 bridgehead atoms. The molecule has 4 nitrogen and oxygen atoms in total. The molecule has 0 unspecified atom stereocenters. The maximum Gasteiger partial charge on any atom is 0.184 e. The molecule has 0 aliphatic carbocycles. The molecular weight excluding hydrogens is 429 g/mol. The third-order valence-corrected chi connectivity index (χ3v) is 3.22. The van der Waals surface area contributed by atoms with Crippen molar-refractivity contribution >= 4 is 62.1 Å². The third-order valence-electron chi connectivity index (χ3n) is 1.87. The number of hydrogen-bond donors (Lipinski definition) is 2. The molecule has 0 saturated heterocycles. The molecule has 3 N–H and O–H groups in total. The Labute approximate surface area is 134 Å². The second-order valence-corrected chi connectivity index (χ2v) is 5.91. The van der Waals surface area contributed by atoms with Crippen molar-refractivity contribution in [3.05, 3.63) is 25.7 Å². The fraction of sp³-hybridized carbons (Fsp3) is 0.273. The molecule has 1 rings (SSSR count). The first-order chi connectivity index (χ1) is 8.54. The molecule has 0 amide bonds. The Balaban J connectivity index is 2.99. The van der Waals surface area contributed by atoms with Crippen molar-refractivity contribution in [1.29, 1.82) is 0 Å². The molecule has 0 fully saturated rings. The van der Waals surface area contributed by atoms with E-state index in [4.69, 9.17) is 10.5 Å². The van der Waals surface area contributed by atoms with Crippen LogP contribution in [-0.2, 0) is 0 Å². The van der Waals surface area contributed by atoms with E-state index < -0.39 is 0 Å². The van der Waals surface area contributed by atoms with Gasteiger partial charge in [-0.1, -0.05) is 22.9 Å². The van der Waals surface area contributed by atoms with Crippen molar-refractivity contribution in [1.82, 2.24) is 5.43 Å². The van der Waals surface area contributed by atoms with Gasteiger partial charge >= 0.3 is 0 Å². The minimum Gasteiger partial charge on any atom is -0.492 e. The zero-order valence-corrected chi connectivity index (χ0v) is 14.3. The third kappa shape index (κ3) is 5.07. The van der Waals surface area contributed by atoms with Gasteiger partial charge in [-0.2, -0.15) is 5.10 Å². The molecule has 0 heterocycles. The molecule has 0 atom stereocenters. The van der Waals surface area contributed by atoms with Crippen LogP contribution in [-0.4, -0.2) is 17.9 Å². The van der Waals surface area contributed by atoms with E-state index in [2.05, 4.69) is 68.2 Å². The van der Waals surface area contributed by atoms with Gasteiger partial charge in [0.15, 0.2) is 5.11 Å². The van der Waals surface area contributed by atoms with Crippen molar-refractivity contribution < 1.29 is 4.74 Å². The SMILES string of the molecule is CCCOc1c(I)cc(Br)cc1C=NNC(N)=S. The highest BCUT2D eigenvalue weighted by Gasteiger charge is 2.08. The Morgan fingerprint density at radius 3 is 3.00 bits per heavy atom. The number of benzene rings is 1. The number of nitrogens with zero attached hydrogens (tertiary/aromatic N) is 1. The van der Waals surface area contributed by atoms with Gasteiger partial charge in [0, 0.05) is 10.0 Å². The first-order valence-corrected chi connectivity index (χ1v) is 7.53. The fourth-order valence-corrected chi connectivity index (χ4v) is 2.96. The summed E-state index contributed by atoms with van der Waals surface area (Å²) in [7, 11) is 0. The molecule has 0 aromatic heterocycles. The Morgan fingerprint density at radius 2 is 2.39 bits per heavy atom. The van der Waals surface area contributed by atoms with Crippen molar-refractivity contribution in [3.8, 4) is 5.75 Å². The summed E-state index contributed by atoms with van der Waals surface area (Å²) in [5, 5.41) is 4.08. The lowest BCUT2D eigenvalue weighted by Crippen LogP contribution is -2.24. The number of rotatable bonds is 5. The van der Waals surface area contributed by atoms with E-state index in [1.165, 1.54) is 0 Å². The molecule has 0 spiro atoms. The predicted molar refractivity (Wildman–Crippen MR) is 90.2 cm³/mol. The van der Waals surface area contributed by atoms with Crippen LogP contribution in [0.5, 0.6) is 5.75 Å². The van der Waals surface area contributed by atoms with E-state index in [0.29, 0.717) is 6.61 Å². The summed E-state index contributed by atoms with van der Waals surface area (Å²) in [5.74, 6) is 0.814. The number of hydrogen-bond acceptors (Lipinski definition) is 3. The highest BCUT2D eigenvalue weighted by atomic mass is 127. The molecule has 7 heteroatoms. The van der Waals surface area contributed by atoms with Crippen molar-refractivity contribution in [3.63, 3.8) is 0 Å². The number of halogens is 2. The van der Waals surface area contributed by atoms with Crippen LogP contribution in [0, 0.1) is 3.57 Å². The molecule has 0 saturated carbocycles. The van der Waals surface area contributed by atoms with Crippen LogP contribution >= 0.6 is 50.7 Å². The zero-order valence-electron chi connectivity index (χ0n) is 9.74. The van der Waals surface area contributed by atoms with E-state index in [9.17, 15) is 0 Å². The molecule has 0 aliphatic heterocycles. The summed E-state index contributed by atoms with van der Waals surface area (Å²) in [6.45, 7) is 2.73. The zero-order chi connectivity index (χ0) is 13.5.